The number of para-hydroxylation sites is 1. The third-order valence-corrected chi connectivity index (χ3v) is 7.49. The van der Waals surface area contributed by atoms with Crippen LogP contribution in [0.3, 0.4) is 0 Å². The molecule has 4 heteroatoms. The summed E-state index contributed by atoms with van der Waals surface area (Å²) < 4.78 is 26.6. The van der Waals surface area contributed by atoms with Crippen molar-refractivity contribution >= 4 is 5.97 Å². The van der Waals surface area contributed by atoms with E-state index >= 15 is 0 Å². The lowest BCUT2D eigenvalue weighted by atomic mass is 9.49. The molecule has 0 unspecified atom stereocenters. The van der Waals surface area contributed by atoms with Gasteiger partial charge in [0.15, 0.2) is 11.6 Å². The van der Waals surface area contributed by atoms with Crippen molar-refractivity contribution in [2.45, 2.75) is 51.0 Å². The lowest BCUT2D eigenvalue weighted by Crippen LogP contribution is -2.60. The van der Waals surface area contributed by atoms with E-state index in [1.807, 2.05) is 6.07 Å². The Morgan fingerprint density at radius 2 is 1.66 bits per heavy atom. The second kappa shape index (κ2) is 7.16. The normalized spacial score (nSPS) is 32.2. The van der Waals surface area contributed by atoms with Gasteiger partial charge < -0.3 is 9.47 Å². The predicted octanol–water partition coefficient (Wildman–Crippen LogP) is 6.03. The number of carbonyl (C=O) groups excluding carboxylic acids is 1. The molecule has 0 saturated heterocycles. The van der Waals surface area contributed by atoms with Gasteiger partial charge in [-0.15, -0.1) is 0 Å². The quantitative estimate of drug-likeness (QED) is 0.459. The summed E-state index contributed by atoms with van der Waals surface area (Å²) in [5.74, 6) is 2.35. The molecule has 3 nitrogen and oxygen atoms in total. The molecule has 0 spiro atoms. The van der Waals surface area contributed by atoms with Crippen LogP contribution in [0.4, 0.5) is 4.39 Å². The Morgan fingerprint density at radius 1 is 1.00 bits per heavy atom. The zero-order chi connectivity index (χ0) is 20.0. The van der Waals surface area contributed by atoms with Gasteiger partial charge in [0.2, 0.25) is 0 Å². The number of halogens is 1. The van der Waals surface area contributed by atoms with Crippen LogP contribution in [-0.4, -0.2) is 11.6 Å². The molecular formula is C25H27FO3. The van der Waals surface area contributed by atoms with Crippen LogP contribution >= 0.6 is 0 Å². The van der Waals surface area contributed by atoms with Gasteiger partial charge >= 0.3 is 5.97 Å². The molecule has 152 valence electrons. The fraction of sp³-hybridized carbons (Fsp3) is 0.480. The molecule has 4 fully saturated rings. The molecule has 0 heterocycles. The van der Waals surface area contributed by atoms with E-state index in [4.69, 9.17) is 9.47 Å². The Labute approximate surface area is 171 Å². The number of esters is 1. The van der Waals surface area contributed by atoms with E-state index in [1.165, 1.54) is 50.3 Å². The zero-order valence-electron chi connectivity index (χ0n) is 16.8. The maximum Gasteiger partial charge on any atom is 0.343 e. The van der Waals surface area contributed by atoms with Crippen LogP contribution in [0.1, 0.15) is 55.8 Å². The molecule has 4 aliphatic carbocycles. The van der Waals surface area contributed by atoms with Crippen molar-refractivity contribution in [3.63, 3.8) is 0 Å². The standard InChI is InChI=1S/C25H27FO3/c1-2-25(19-11-16-10-17(13-19)14-20(25)12-16)29-23-15-18(8-9-22(23)26)24(27)28-21-6-4-3-5-7-21/h3-9,15-17,19-20H,2,10-14H2,1H3. The van der Waals surface area contributed by atoms with Crippen molar-refractivity contribution in [2.24, 2.45) is 23.7 Å². The van der Waals surface area contributed by atoms with Crippen LogP contribution in [-0.2, 0) is 0 Å². The number of ether oxygens (including phenoxy) is 2. The molecular weight excluding hydrogens is 367 g/mol. The molecule has 0 aliphatic heterocycles. The van der Waals surface area contributed by atoms with Gasteiger partial charge in [0.25, 0.3) is 0 Å². The predicted molar refractivity (Wildman–Crippen MR) is 108 cm³/mol. The van der Waals surface area contributed by atoms with E-state index in [0.29, 0.717) is 23.1 Å². The second-order valence-corrected chi connectivity index (χ2v) is 9.06. The van der Waals surface area contributed by atoms with E-state index in [-0.39, 0.29) is 11.4 Å². The van der Waals surface area contributed by atoms with E-state index in [0.717, 1.165) is 18.3 Å². The van der Waals surface area contributed by atoms with Crippen LogP contribution in [0.2, 0.25) is 0 Å². The fourth-order valence-electron chi connectivity index (χ4n) is 6.37. The van der Waals surface area contributed by atoms with Crippen molar-refractivity contribution in [1.29, 1.82) is 0 Å². The highest BCUT2D eigenvalue weighted by atomic mass is 19.1. The van der Waals surface area contributed by atoms with E-state index in [9.17, 15) is 9.18 Å². The van der Waals surface area contributed by atoms with Gasteiger partial charge in [-0.3, -0.25) is 0 Å². The summed E-state index contributed by atoms with van der Waals surface area (Å²) >= 11 is 0. The van der Waals surface area contributed by atoms with Crippen LogP contribution in [0.25, 0.3) is 0 Å². The van der Waals surface area contributed by atoms with E-state index in [1.54, 1.807) is 24.3 Å². The van der Waals surface area contributed by atoms with Crippen LogP contribution in [0.5, 0.6) is 11.5 Å². The molecule has 0 aromatic heterocycles. The average molecular weight is 394 g/mol. The molecule has 4 saturated carbocycles. The zero-order valence-corrected chi connectivity index (χ0v) is 16.8. The van der Waals surface area contributed by atoms with E-state index < -0.39 is 11.8 Å². The number of hydrogen-bond acceptors (Lipinski definition) is 3. The Bertz CT molecular complexity index is 880. The number of rotatable bonds is 5. The van der Waals surface area contributed by atoms with Crippen LogP contribution in [0.15, 0.2) is 48.5 Å². The number of benzene rings is 2. The minimum absolute atomic E-state index is 0.182. The molecule has 0 radical (unpaired) electrons. The maximum atomic E-state index is 14.7. The Hall–Kier alpha value is -2.36. The van der Waals surface area contributed by atoms with Crippen molar-refractivity contribution in [3.05, 3.63) is 59.9 Å². The lowest BCUT2D eigenvalue weighted by molar-refractivity contribution is -0.159. The topological polar surface area (TPSA) is 35.5 Å². The minimum atomic E-state index is -0.503. The molecule has 0 atom stereocenters. The number of carbonyl (C=O) groups is 1. The van der Waals surface area contributed by atoms with Crippen molar-refractivity contribution in [3.8, 4) is 11.5 Å². The third kappa shape index (κ3) is 3.23. The first kappa shape index (κ1) is 18.7. The van der Waals surface area contributed by atoms with Gasteiger partial charge in [-0.2, -0.15) is 0 Å². The van der Waals surface area contributed by atoms with Gasteiger partial charge in [-0.1, -0.05) is 25.1 Å². The van der Waals surface area contributed by atoms with E-state index in [2.05, 4.69) is 6.92 Å². The summed E-state index contributed by atoms with van der Waals surface area (Å²) in [6.45, 7) is 2.16. The van der Waals surface area contributed by atoms with Gasteiger partial charge in [-0.05, 0) is 92.5 Å². The summed E-state index contributed by atoms with van der Waals surface area (Å²) in [5.41, 5.74) is -0.00345. The largest absolute Gasteiger partial charge is 0.484 e. The van der Waals surface area contributed by atoms with Crippen molar-refractivity contribution in [1.82, 2.24) is 0 Å². The molecule has 4 aliphatic rings. The lowest BCUT2D eigenvalue weighted by Gasteiger charge is -2.60. The maximum absolute atomic E-state index is 14.7. The summed E-state index contributed by atoms with van der Waals surface area (Å²) in [7, 11) is 0. The van der Waals surface area contributed by atoms with Gasteiger partial charge in [0.05, 0.1) is 5.56 Å². The monoisotopic (exact) mass is 394 g/mol. The van der Waals surface area contributed by atoms with Gasteiger partial charge in [-0.25, -0.2) is 9.18 Å². The summed E-state index contributed by atoms with van der Waals surface area (Å²) in [4.78, 5) is 12.6. The Kier molecular flexibility index (Phi) is 4.60. The molecule has 2 aromatic carbocycles. The SMILES string of the molecule is CCC1(Oc2cc(C(=O)Oc3ccccc3)ccc2F)C2CC3CC(C2)CC1C3. The molecule has 0 amide bonds. The summed E-state index contributed by atoms with van der Waals surface area (Å²) in [6, 6.07) is 13.2. The first-order valence-corrected chi connectivity index (χ1v) is 10.8. The van der Waals surface area contributed by atoms with Crippen LogP contribution in [0, 0.1) is 29.5 Å². The van der Waals surface area contributed by atoms with Gasteiger partial charge in [0, 0.05) is 0 Å². The highest BCUT2D eigenvalue weighted by molar-refractivity contribution is 5.91. The Balaban J connectivity index is 1.41. The van der Waals surface area contributed by atoms with Crippen LogP contribution < -0.4 is 9.47 Å². The fourth-order valence-corrected chi connectivity index (χ4v) is 6.37. The molecule has 6 rings (SSSR count). The van der Waals surface area contributed by atoms with Gasteiger partial charge in [0.1, 0.15) is 11.4 Å². The first-order chi connectivity index (χ1) is 14.1. The number of hydrogen-bond donors (Lipinski definition) is 0. The molecule has 0 N–H and O–H groups in total. The smallest absolute Gasteiger partial charge is 0.343 e. The summed E-state index contributed by atoms with van der Waals surface area (Å²) in [5, 5.41) is 0. The minimum Gasteiger partial charge on any atom is -0.484 e. The Morgan fingerprint density at radius 3 is 2.28 bits per heavy atom. The molecule has 4 bridgehead atoms. The van der Waals surface area contributed by atoms with Crippen molar-refractivity contribution in [2.75, 3.05) is 0 Å². The third-order valence-electron chi connectivity index (χ3n) is 7.49. The molecule has 29 heavy (non-hydrogen) atoms. The average Bonchev–Trinajstić information content (AvgIpc) is 2.72. The second-order valence-electron chi connectivity index (χ2n) is 9.06. The summed E-state index contributed by atoms with van der Waals surface area (Å²) in [6.07, 6.45) is 7.01. The highest BCUT2D eigenvalue weighted by Gasteiger charge is 2.58. The first-order valence-electron chi connectivity index (χ1n) is 10.8. The molecule has 2 aromatic rings. The highest BCUT2D eigenvalue weighted by Crippen LogP contribution is 2.60. The van der Waals surface area contributed by atoms with Crippen molar-refractivity contribution < 1.29 is 18.7 Å².